The van der Waals surface area contributed by atoms with Gasteiger partial charge in [0.05, 0.1) is 117 Å². The molecule has 3 aromatic rings. The summed E-state index contributed by atoms with van der Waals surface area (Å²) >= 11 is 11.9. The lowest BCUT2D eigenvalue weighted by atomic mass is 10.2. The van der Waals surface area contributed by atoms with E-state index in [-0.39, 0.29) is 5.91 Å². The van der Waals surface area contributed by atoms with Gasteiger partial charge in [-0.15, -0.1) is 23.2 Å². The van der Waals surface area contributed by atoms with E-state index in [1.807, 2.05) is 24.3 Å². The van der Waals surface area contributed by atoms with Crippen LogP contribution in [0.3, 0.4) is 0 Å². The lowest BCUT2D eigenvalue weighted by molar-refractivity contribution is -0.114. The Morgan fingerprint density at radius 3 is 1.66 bits per heavy atom. The molecule has 64 heavy (non-hydrogen) atoms. The van der Waals surface area contributed by atoms with E-state index >= 15 is 0 Å². The van der Waals surface area contributed by atoms with Crippen molar-refractivity contribution in [2.24, 2.45) is 10.2 Å². The number of pyridine rings is 2. The smallest absolute Gasteiger partial charge is 0.253 e. The molecule has 0 atom stereocenters. The summed E-state index contributed by atoms with van der Waals surface area (Å²) in [7, 11) is 3.27. The molecule has 0 fully saturated rings. The Bertz CT molecular complexity index is 1810. The fourth-order valence-electron chi connectivity index (χ4n) is 5.44. The zero-order chi connectivity index (χ0) is 45.3. The Morgan fingerprint density at radius 1 is 0.641 bits per heavy atom. The third-order valence-corrected chi connectivity index (χ3v) is 9.05. The van der Waals surface area contributed by atoms with E-state index in [1.165, 1.54) is 17.2 Å². The minimum atomic E-state index is -0.341. The van der Waals surface area contributed by atoms with Crippen molar-refractivity contribution in [3.05, 3.63) is 84.7 Å². The zero-order valence-electron chi connectivity index (χ0n) is 36.5. The molecule has 1 aliphatic rings. The molecule has 2 aromatic heterocycles. The molecule has 0 saturated heterocycles. The van der Waals surface area contributed by atoms with E-state index < -0.39 is 0 Å². The third kappa shape index (κ3) is 20.4. The molecule has 1 amide bonds. The van der Waals surface area contributed by atoms with Crippen LogP contribution in [-0.2, 0) is 42.7 Å². The number of hydrogen-bond acceptors (Lipinski definition) is 18. The Balaban J connectivity index is 1.03. The molecule has 3 heterocycles. The first kappa shape index (κ1) is 52.0. The second kappa shape index (κ2) is 32.9. The summed E-state index contributed by atoms with van der Waals surface area (Å²) < 4.78 is 54.7. The van der Waals surface area contributed by atoms with Crippen LogP contribution in [0.1, 0.15) is 11.4 Å². The predicted molar refractivity (Wildman–Crippen MR) is 244 cm³/mol. The standard InChI is InChI=1S/C43H60Cl2N8O11/c1-52(40(54)11-17-63-36-7-5-35(6-8-36)53(15-12-44)16-13-45)39-4-3-14-46-41(39)43-50-48-42(49-51-43)38-10-9-37(34-47-38)64-33-32-62-31-30-61-29-28-60-27-26-59-25-24-58-23-22-57-21-20-56-19-18-55-2/h3-11,14,17,34H,12-13,15-16,18-33H2,1-2H3,(H,48,49)(H,50,51)/b17-11+. The number of rotatable bonds is 36. The SMILES string of the molecule is COCCOCCOCCOCCOCCOCCOCCOCCOc1ccc(C2=NNC(c3ncccc3N(C)C(=O)/C=C/Oc3ccc(N(CCCl)CCCl)cc3)=NN2)nc1. The molecular formula is C43H60Cl2N8O11. The summed E-state index contributed by atoms with van der Waals surface area (Å²) in [5, 5.41) is 8.80. The second-order valence-electron chi connectivity index (χ2n) is 13.2. The van der Waals surface area contributed by atoms with Crippen molar-refractivity contribution >= 4 is 52.2 Å². The Kier molecular flexibility index (Phi) is 26.7. The fourth-order valence-corrected chi connectivity index (χ4v) is 5.85. The van der Waals surface area contributed by atoms with Gasteiger partial charge >= 0.3 is 0 Å². The number of anilines is 2. The number of aromatic nitrogens is 2. The number of amides is 1. The lowest BCUT2D eigenvalue weighted by Gasteiger charge is -2.22. The van der Waals surface area contributed by atoms with Crippen LogP contribution < -0.4 is 30.1 Å². The zero-order valence-corrected chi connectivity index (χ0v) is 38.0. The monoisotopic (exact) mass is 934 g/mol. The lowest BCUT2D eigenvalue weighted by Crippen LogP contribution is -2.37. The highest BCUT2D eigenvalue weighted by Gasteiger charge is 2.20. The molecule has 0 bridgehead atoms. The van der Waals surface area contributed by atoms with Gasteiger partial charge in [0.15, 0.2) is 11.7 Å². The minimum absolute atomic E-state index is 0.310. The molecule has 0 spiro atoms. The number of likely N-dealkylation sites (N-methyl/N-ethyl adjacent to an activating group) is 1. The number of ether oxygens (including phenoxy) is 10. The molecule has 0 saturated carbocycles. The average Bonchev–Trinajstić information content (AvgIpc) is 3.33. The Hall–Kier alpha value is -4.67. The van der Waals surface area contributed by atoms with Gasteiger partial charge in [-0.2, -0.15) is 10.2 Å². The van der Waals surface area contributed by atoms with Crippen LogP contribution in [0.5, 0.6) is 11.5 Å². The summed E-state index contributed by atoms with van der Waals surface area (Å²) in [5.41, 5.74) is 8.24. The van der Waals surface area contributed by atoms with Gasteiger partial charge in [-0.25, -0.2) is 4.98 Å². The third-order valence-electron chi connectivity index (χ3n) is 8.71. The first-order valence-electron chi connectivity index (χ1n) is 20.9. The van der Waals surface area contributed by atoms with Gasteiger partial charge in [0.1, 0.15) is 29.5 Å². The van der Waals surface area contributed by atoms with E-state index in [0.717, 1.165) is 5.69 Å². The summed E-state index contributed by atoms with van der Waals surface area (Å²) in [4.78, 5) is 25.5. The van der Waals surface area contributed by atoms with Crippen molar-refractivity contribution in [2.45, 2.75) is 0 Å². The van der Waals surface area contributed by atoms with Crippen LogP contribution in [-0.4, -0.2) is 172 Å². The topological polar surface area (TPSA) is 190 Å². The number of alkyl halides is 2. The molecule has 0 aliphatic carbocycles. The largest absolute Gasteiger partial charge is 0.490 e. The maximum absolute atomic E-state index is 13.1. The van der Waals surface area contributed by atoms with Crippen LogP contribution in [0.15, 0.2) is 83.5 Å². The number of amidine groups is 2. The highest BCUT2D eigenvalue weighted by atomic mass is 35.5. The maximum Gasteiger partial charge on any atom is 0.253 e. The van der Waals surface area contributed by atoms with Crippen molar-refractivity contribution in [3.8, 4) is 11.5 Å². The maximum atomic E-state index is 13.1. The molecule has 352 valence electrons. The highest BCUT2D eigenvalue weighted by Crippen LogP contribution is 2.21. The van der Waals surface area contributed by atoms with Gasteiger partial charge < -0.3 is 57.2 Å². The van der Waals surface area contributed by atoms with Gasteiger partial charge in [0, 0.05) is 57.0 Å². The molecule has 21 heteroatoms. The number of nitrogens with zero attached hydrogens (tertiary/aromatic N) is 6. The van der Waals surface area contributed by atoms with E-state index in [1.54, 1.807) is 50.8 Å². The highest BCUT2D eigenvalue weighted by molar-refractivity contribution is 6.18. The molecule has 19 nitrogen and oxygen atoms in total. The number of carbonyl (C=O) groups excluding carboxylic acids is 1. The predicted octanol–water partition coefficient (Wildman–Crippen LogP) is 3.67. The van der Waals surface area contributed by atoms with Crippen LogP contribution in [0.4, 0.5) is 11.4 Å². The number of benzene rings is 1. The van der Waals surface area contributed by atoms with Crippen LogP contribution in [0.2, 0.25) is 0 Å². The Labute approximate surface area is 384 Å². The van der Waals surface area contributed by atoms with E-state index in [2.05, 4.69) is 35.9 Å². The summed E-state index contributed by atoms with van der Waals surface area (Å²) in [5.74, 6) is 2.47. The quantitative estimate of drug-likeness (QED) is 0.0372. The molecule has 1 aromatic carbocycles. The van der Waals surface area contributed by atoms with Crippen LogP contribution >= 0.6 is 23.2 Å². The van der Waals surface area contributed by atoms with E-state index in [4.69, 9.17) is 70.6 Å². The molecule has 2 N–H and O–H groups in total. The number of halogens is 2. The van der Waals surface area contributed by atoms with Gasteiger partial charge in [0.25, 0.3) is 5.91 Å². The van der Waals surface area contributed by atoms with Gasteiger partial charge in [0.2, 0.25) is 0 Å². The normalized spacial score (nSPS) is 12.4. The summed E-state index contributed by atoms with van der Waals surface area (Å²) in [6.45, 7) is 9.07. The van der Waals surface area contributed by atoms with Crippen LogP contribution in [0.25, 0.3) is 0 Å². The van der Waals surface area contributed by atoms with Crippen molar-refractivity contribution in [1.82, 2.24) is 20.8 Å². The average molecular weight is 936 g/mol. The molecule has 4 rings (SSSR count). The Morgan fingerprint density at radius 2 is 1.16 bits per heavy atom. The van der Waals surface area contributed by atoms with E-state index in [0.29, 0.717) is 171 Å². The fraction of sp³-hybridized carbons (Fsp3) is 0.512. The number of carbonyl (C=O) groups is 1. The number of hydrazone groups is 2. The minimum Gasteiger partial charge on any atom is -0.490 e. The van der Waals surface area contributed by atoms with Crippen molar-refractivity contribution < 1.29 is 52.2 Å². The number of nitrogens with one attached hydrogen (secondary N) is 2. The second-order valence-corrected chi connectivity index (χ2v) is 14.0. The van der Waals surface area contributed by atoms with Crippen molar-refractivity contribution in [1.29, 1.82) is 0 Å². The number of hydrogen-bond donors (Lipinski definition) is 2. The van der Waals surface area contributed by atoms with Crippen molar-refractivity contribution in [2.75, 3.05) is 155 Å². The van der Waals surface area contributed by atoms with Crippen molar-refractivity contribution in [3.63, 3.8) is 0 Å². The molecule has 0 radical (unpaired) electrons. The van der Waals surface area contributed by atoms with Gasteiger partial charge in [-0.1, -0.05) is 0 Å². The van der Waals surface area contributed by atoms with Gasteiger partial charge in [-0.3, -0.25) is 20.6 Å². The number of methoxy groups -OCH3 is 1. The van der Waals surface area contributed by atoms with Gasteiger partial charge in [-0.05, 0) is 48.5 Å². The molecular weight excluding hydrogens is 875 g/mol. The first-order chi connectivity index (χ1) is 31.5. The summed E-state index contributed by atoms with van der Waals surface area (Å²) in [6, 6.07) is 14.5. The molecule has 1 aliphatic heterocycles. The van der Waals surface area contributed by atoms with Crippen LogP contribution in [0, 0.1) is 0 Å². The summed E-state index contributed by atoms with van der Waals surface area (Å²) in [6.07, 6.45) is 5.86. The molecule has 0 unspecified atom stereocenters. The van der Waals surface area contributed by atoms with E-state index in [9.17, 15) is 4.79 Å². The first-order valence-corrected chi connectivity index (χ1v) is 21.9.